The summed E-state index contributed by atoms with van der Waals surface area (Å²) in [6.07, 6.45) is 0. The van der Waals surface area contributed by atoms with E-state index in [0.717, 1.165) is 22.5 Å². The van der Waals surface area contributed by atoms with Crippen molar-refractivity contribution in [1.82, 2.24) is 0 Å². The van der Waals surface area contributed by atoms with Crippen molar-refractivity contribution in [1.29, 1.82) is 0 Å². The lowest BCUT2D eigenvalue weighted by atomic mass is 10.0. The van der Waals surface area contributed by atoms with Gasteiger partial charge in [-0.25, -0.2) is 0 Å². The Morgan fingerprint density at radius 1 is 1.10 bits per heavy atom. The van der Waals surface area contributed by atoms with E-state index in [9.17, 15) is 5.11 Å². The van der Waals surface area contributed by atoms with Crippen LogP contribution in [0.4, 0.5) is 5.69 Å². The van der Waals surface area contributed by atoms with Gasteiger partial charge in [-0.2, -0.15) is 0 Å². The molecule has 3 rings (SSSR count). The van der Waals surface area contributed by atoms with Crippen molar-refractivity contribution in [3.63, 3.8) is 0 Å². The van der Waals surface area contributed by atoms with Crippen molar-refractivity contribution in [3.05, 3.63) is 65.7 Å². The number of para-hydroxylation sites is 1. The predicted octanol–water partition coefficient (Wildman–Crippen LogP) is 2.33. The lowest BCUT2D eigenvalue weighted by Crippen LogP contribution is -2.36. The van der Waals surface area contributed by atoms with Crippen LogP contribution in [-0.4, -0.2) is 37.1 Å². The summed E-state index contributed by atoms with van der Waals surface area (Å²) in [5.74, 6) is 0. The second-order valence-corrected chi connectivity index (χ2v) is 5.02. The Balaban J connectivity index is 2.15. The van der Waals surface area contributed by atoms with Crippen molar-refractivity contribution in [2.75, 3.05) is 25.1 Å². The van der Waals surface area contributed by atoms with E-state index in [4.69, 9.17) is 4.99 Å². The zero-order valence-corrected chi connectivity index (χ0v) is 11.5. The molecule has 0 spiro atoms. The zero-order valence-electron chi connectivity index (χ0n) is 11.5. The summed E-state index contributed by atoms with van der Waals surface area (Å²) in [5, 5.41) is 9.56. The van der Waals surface area contributed by atoms with Gasteiger partial charge in [0.15, 0.2) is 0 Å². The van der Waals surface area contributed by atoms with E-state index >= 15 is 0 Å². The van der Waals surface area contributed by atoms with Gasteiger partial charge in [-0.15, -0.1) is 0 Å². The van der Waals surface area contributed by atoms with Crippen LogP contribution in [0.1, 0.15) is 11.1 Å². The van der Waals surface area contributed by atoms with Crippen molar-refractivity contribution in [2.24, 2.45) is 4.99 Å². The highest BCUT2D eigenvalue weighted by Gasteiger charge is 2.23. The summed E-state index contributed by atoms with van der Waals surface area (Å²) in [6, 6.07) is 18.5. The second-order valence-electron chi connectivity index (χ2n) is 5.02. The largest absolute Gasteiger partial charge is 0.394 e. The number of rotatable bonds is 2. The van der Waals surface area contributed by atoms with Crippen LogP contribution in [0.25, 0.3) is 0 Å². The number of hydrogen-bond acceptors (Lipinski definition) is 3. The molecule has 0 amide bonds. The highest BCUT2D eigenvalue weighted by molar-refractivity contribution is 6.16. The zero-order chi connectivity index (χ0) is 13.9. The van der Waals surface area contributed by atoms with E-state index in [-0.39, 0.29) is 12.6 Å². The maximum Gasteiger partial charge on any atom is 0.0740 e. The number of fused-ring (bicyclic) bond motifs is 1. The number of hydrogen-bond donors (Lipinski definition) is 1. The summed E-state index contributed by atoms with van der Waals surface area (Å²) < 4.78 is 0. The second kappa shape index (κ2) is 5.47. The molecule has 20 heavy (non-hydrogen) atoms. The first-order chi connectivity index (χ1) is 9.81. The third-order valence-electron chi connectivity index (χ3n) is 3.81. The molecule has 0 aliphatic carbocycles. The van der Waals surface area contributed by atoms with Crippen LogP contribution in [0.5, 0.6) is 0 Å². The Labute approximate surface area is 119 Å². The van der Waals surface area contributed by atoms with Gasteiger partial charge in [-0.1, -0.05) is 48.5 Å². The average molecular weight is 266 g/mol. The molecule has 3 nitrogen and oxygen atoms in total. The van der Waals surface area contributed by atoms with Crippen molar-refractivity contribution in [2.45, 2.75) is 6.04 Å². The summed E-state index contributed by atoms with van der Waals surface area (Å²) in [6.45, 7) is 0.711. The van der Waals surface area contributed by atoms with E-state index in [1.807, 2.05) is 37.4 Å². The minimum absolute atomic E-state index is 0.0253. The van der Waals surface area contributed by atoms with E-state index in [2.05, 4.69) is 29.2 Å². The van der Waals surface area contributed by atoms with E-state index in [1.54, 1.807) is 0 Å². The molecule has 0 saturated carbocycles. The highest BCUT2D eigenvalue weighted by Crippen LogP contribution is 2.27. The lowest BCUT2D eigenvalue weighted by molar-refractivity contribution is 0.265. The Kier molecular flexibility index (Phi) is 3.52. The predicted molar refractivity (Wildman–Crippen MR) is 82.7 cm³/mol. The Bertz CT molecular complexity index is 622. The smallest absolute Gasteiger partial charge is 0.0740 e. The third-order valence-corrected chi connectivity index (χ3v) is 3.81. The van der Waals surface area contributed by atoms with Crippen LogP contribution in [0.3, 0.4) is 0 Å². The SMILES string of the molecule is CN1c2ccccc2C(c2ccccc2)=NCC1CO. The minimum atomic E-state index is 0.0253. The first-order valence-corrected chi connectivity index (χ1v) is 6.84. The fourth-order valence-corrected chi connectivity index (χ4v) is 2.61. The molecule has 1 aliphatic rings. The Hall–Kier alpha value is -2.13. The van der Waals surface area contributed by atoms with Crippen molar-refractivity contribution >= 4 is 11.4 Å². The lowest BCUT2D eigenvalue weighted by Gasteiger charge is -2.27. The molecule has 1 N–H and O–H groups in total. The summed E-state index contributed by atoms with van der Waals surface area (Å²) in [5.41, 5.74) is 4.36. The molecule has 0 saturated heterocycles. The van der Waals surface area contributed by atoms with Crippen molar-refractivity contribution < 1.29 is 5.11 Å². The van der Waals surface area contributed by atoms with E-state index in [0.29, 0.717) is 6.54 Å². The number of anilines is 1. The van der Waals surface area contributed by atoms with Gasteiger partial charge in [-0.05, 0) is 6.07 Å². The molecule has 102 valence electrons. The number of aliphatic hydroxyl groups excluding tert-OH is 1. The van der Waals surface area contributed by atoms with Gasteiger partial charge in [0.05, 0.1) is 24.9 Å². The highest BCUT2D eigenvalue weighted by atomic mass is 16.3. The van der Waals surface area contributed by atoms with Crippen molar-refractivity contribution in [3.8, 4) is 0 Å². The molecule has 0 bridgehead atoms. The molecular weight excluding hydrogens is 248 g/mol. The minimum Gasteiger partial charge on any atom is -0.394 e. The summed E-state index contributed by atoms with van der Waals surface area (Å²) in [4.78, 5) is 6.87. The molecule has 1 unspecified atom stereocenters. The maximum absolute atomic E-state index is 9.56. The molecule has 2 aromatic rings. The van der Waals surface area contributed by atoms with Gasteiger partial charge >= 0.3 is 0 Å². The molecule has 1 aliphatic heterocycles. The Morgan fingerprint density at radius 2 is 1.80 bits per heavy atom. The number of benzodiazepines with no additional fused rings is 1. The number of aliphatic imine (C=N–C) groups is 1. The molecule has 2 aromatic carbocycles. The monoisotopic (exact) mass is 266 g/mol. The van der Waals surface area contributed by atoms with Gasteiger partial charge in [0.2, 0.25) is 0 Å². The summed E-state index contributed by atoms with van der Waals surface area (Å²) >= 11 is 0. The molecule has 0 fully saturated rings. The van der Waals surface area contributed by atoms with Gasteiger partial charge in [0.25, 0.3) is 0 Å². The number of likely N-dealkylation sites (N-methyl/N-ethyl adjacent to an activating group) is 1. The molecule has 0 aromatic heterocycles. The molecule has 0 radical (unpaired) electrons. The third kappa shape index (κ3) is 2.21. The van der Waals surface area contributed by atoms with E-state index in [1.165, 1.54) is 0 Å². The molecule has 1 atom stereocenters. The van der Waals surface area contributed by atoms with Gasteiger partial charge < -0.3 is 10.0 Å². The van der Waals surface area contributed by atoms with Crippen LogP contribution < -0.4 is 4.90 Å². The topological polar surface area (TPSA) is 35.8 Å². The van der Waals surface area contributed by atoms with Crippen LogP contribution in [0, 0.1) is 0 Å². The van der Waals surface area contributed by atoms with Gasteiger partial charge in [0, 0.05) is 23.9 Å². The number of benzene rings is 2. The first-order valence-electron chi connectivity index (χ1n) is 6.84. The number of nitrogens with zero attached hydrogens (tertiary/aromatic N) is 2. The van der Waals surface area contributed by atoms with Crippen LogP contribution in [-0.2, 0) is 0 Å². The quantitative estimate of drug-likeness (QED) is 0.905. The first kappa shape index (κ1) is 12.9. The van der Waals surface area contributed by atoms with E-state index < -0.39 is 0 Å². The average Bonchev–Trinajstić information content (AvgIpc) is 2.65. The van der Waals surface area contributed by atoms with Crippen LogP contribution in [0.2, 0.25) is 0 Å². The van der Waals surface area contributed by atoms with Crippen LogP contribution in [0.15, 0.2) is 59.6 Å². The van der Waals surface area contributed by atoms with Crippen LogP contribution >= 0.6 is 0 Å². The Morgan fingerprint density at radius 3 is 2.55 bits per heavy atom. The molecular formula is C17H18N2O. The fourth-order valence-electron chi connectivity index (χ4n) is 2.61. The van der Waals surface area contributed by atoms with Gasteiger partial charge in [0.1, 0.15) is 0 Å². The summed E-state index contributed by atoms with van der Waals surface area (Å²) in [7, 11) is 2.02. The maximum atomic E-state index is 9.56. The molecule has 3 heteroatoms. The standard InChI is InChI=1S/C17H18N2O/c1-19-14(12-20)11-18-17(13-7-3-2-4-8-13)15-9-5-6-10-16(15)19/h2-10,14,20H,11-12H2,1H3. The normalized spacial score (nSPS) is 18.2. The molecule has 1 heterocycles. The fraction of sp³-hybridized carbons (Fsp3) is 0.235. The van der Waals surface area contributed by atoms with Gasteiger partial charge in [-0.3, -0.25) is 4.99 Å². The number of aliphatic hydroxyl groups is 1.